The Labute approximate surface area is 127 Å². The summed E-state index contributed by atoms with van der Waals surface area (Å²) < 4.78 is 0.910. The number of hydrogen-bond donors (Lipinski definition) is 2. The van der Waals surface area contributed by atoms with Crippen molar-refractivity contribution in [3.05, 3.63) is 34.3 Å². The van der Waals surface area contributed by atoms with Gasteiger partial charge < -0.3 is 15.5 Å². The molecule has 0 heterocycles. The lowest BCUT2D eigenvalue weighted by Gasteiger charge is -2.10. The maximum absolute atomic E-state index is 11.8. The molecule has 0 aromatic heterocycles. The minimum absolute atomic E-state index is 0.00311. The van der Waals surface area contributed by atoms with Gasteiger partial charge in [0.25, 0.3) is 5.91 Å². The molecular weight excluding hydrogens is 322 g/mol. The summed E-state index contributed by atoms with van der Waals surface area (Å²) in [5.74, 6) is -0.421. The number of benzene rings is 1. The van der Waals surface area contributed by atoms with Crippen LogP contribution >= 0.6 is 15.9 Å². The number of halogens is 1. The zero-order valence-electron chi connectivity index (χ0n) is 11.8. The van der Waals surface area contributed by atoms with Crippen LogP contribution < -0.4 is 10.6 Å². The first-order chi connectivity index (χ1) is 9.49. The van der Waals surface area contributed by atoms with Gasteiger partial charge in [-0.15, -0.1) is 0 Å². The Hall–Kier alpha value is -1.40. The van der Waals surface area contributed by atoms with Crippen LogP contribution in [0.2, 0.25) is 0 Å². The number of rotatable bonds is 7. The van der Waals surface area contributed by atoms with Crippen LogP contribution in [0.3, 0.4) is 0 Å². The summed E-state index contributed by atoms with van der Waals surface area (Å²) in [5.41, 5.74) is 0.536. The summed E-state index contributed by atoms with van der Waals surface area (Å²) >= 11 is 3.30. The first kappa shape index (κ1) is 16.7. The number of nitrogens with zero attached hydrogens (tertiary/aromatic N) is 1. The normalized spacial score (nSPS) is 10.4. The van der Waals surface area contributed by atoms with Gasteiger partial charge in [0, 0.05) is 16.6 Å². The van der Waals surface area contributed by atoms with Gasteiger partial charge in [-0.2, -0.15) is 0 Å². The Bertz CT molecular complexity index is 446. The monoisotopic (exact) mass is 341 g/mol. The second-order valence-electron chi connectivity index (χ2n) is 4.70. The molecule has 0 saturated carbocycles. The van der Waals surface area contributed by atoms with Crippen LogP contribution in [0.25, 0.3) is 0 Å². The third-order valence-corrected chi connectivity index (χ3v) is 3.15. The average molecular weight is 342 g/mol. The van der Waals surface area contributed by atoms with Crippen LogP contribution in [0.5, 0.6) is 0 Å². The molecule has 0 radical (unpaired) electrons. The third kappa shape index (κ3) is 6.68. The minimum Gasteiger partial charge on any atom is -0.355 e. The van der Waals surface area contributed by atoms with Crippen LogP contribution in [0, 0.1) is 0 Å². The van der Waals surface area contributed by atoms with Gasteiger partial charge in [0.1, 0.15) is 0 Å². The molecule has 1 aromatic rings. The van der Waals surface area contributed by atoms with E-state index in [0.717, 1.165) is 17.4 Å². The lowest BCUT2D eigenvalue weighted by atomic mass is 10.2. The maximum Gasteiger partial charge on any atom is 0.251 e. The fourth-order valence-electron chi connectivity index (χ4n) is 1.55. The maximum atomic E-state index is 11.8. The second kappa shape index (κ2) is 8.71. The highest BCUT2D eigenvalue weighted by atomic mass is 79.9. The zero-order chi connectivity index (χ0) is 15.0. The fourth-order valence-corrected chi connectivity index (χ4v) is 1.81. The minimum atomic E-state index is -0.249. The van der Waals surface area contributed by atoms with E-state index >= 15 is 0 Å². The molecular formula is C14H20BrN3O2. The van der Waals surface area contributed by atoms with E-state index in [1.807, 2.05) is 14.1 Å². The van der Waals surface area contributed by atoms with Gasteiger partial charge in [-0.05, 0) is 51.3 Å². The highest BCUT2D eigenvalue weighted by molar-refractivity contribution is 9.10. The molecule has 2 amide bonds. The number of hydrogen-bond acceptors (Lipinski definition) is 3. The molecule has 0 saturated heterocycles. The van der Waals surface area contributed by atoms with Crippen LogP contribution in [0.15, 0.2) is 28.7 Å². The predicted octanol–water partition coefficient (Wildman–Crippen LogP) is 1.25. The molecule has 1 rings (SSSR count). The largest absolute Gasteiger partial charge is 0.355 e. The van der Waals surface area contributed by atoms with Crippen molar-refractivity contribution in [1.82, 2.24) is 15.5 Å². The third-order valence-electron chi connectivity index (χ3n) is 2.62. The summed E-state index contributed by atoms with van der Waals surface area (Å²) in [6.45, 7) is 1.54. The van der Waals surface area contributed by atoms with Gasteiger partial charge >= 0.3 is 0 Å². The van der Waals surface area contributed by atoms with Crippen molar-refractivity contribution >= 4 is 27.7 Å². The Balaban J connectivity index is 2.23. The van der Waals surface area contributed by atoms with E-state index in [9.17, 15) is 9.59 Å². The van der Waals surface area contributed by atoms with Crippen LogP contribution in [0.4, 0.5) is 0 Å². The molecule has 1 aromatic carbocycles. The smallest absolute Gasteiger partial charge is 0.251 e. The lowest BCUT2D eigenvalue weighted by Crippen LogP contribution is -2.37. The van der Waals surface area contributed by atoms with E-state index in [0.29, 0.717) is 12.1 Å². The number of amides is 2. The van der Waals surface area contributed by atoms with E-state index in [1.165, 1.54) is 0 Å². The van der Waals surface area contributed by atoms with Gasteiger partial charge in [0.15, 0.2) is 0 Å². The highest BCUT2D eigenvalue weighted by Crippen LogP contribution is 2.10. The standard InChI is InChI=1S/C14H20BrN3O2/c1-18(2)9-3-8-16-13(19)10-17-14(20)11-4-6-12(15)7-5-11/h4-7H,3,8-10H2,1-2H3,(H,16,19)(H,17,20). The zero-order valence-corrected chi connectivity index (χ0v) is 13.4. The van der Waals surface area contributed by atoms with Crippen molar-refractivity contribution in [2.45, 2.75) is 6.42 Å². The Morgan fingerprint density at radius 1 is 1.15 bits per heavy atom. The molecule has 5 nitrogen and oxygen atoms in total. The molecule has 0 aliphatic rings. The molecule has 0 bridgehead atoms. The molecule has 0 aliphatic carbocycles. The lowest BCUT2D eigenvalue weighted by molar-refractivity contribution is -0.120. The van der Waals surface area contributed by atoms with Crippen LogP contribution in [-0.2, 0) is 4.79 Å². The first-order valence-electron chi connectivity index (χ1n) is 6.44. The van der Waals surface area contributed by atoms with E-state index in [-0.39, 0.29) is 18.4 Å². The van der Waals surface area contributed by atoms with Crippen molar-refractivity contribution in [2.24, 2.45) is 0 Å². The molecule has 20 heavy (non-hydrogen) atoms. The van der Waals surface area contributed by atoms with Gasteiger partial charge in [-0.25, -0.2) is 0 Å². The Kier molecular flexibility index (Phi) is 7.25. The number of nitrogens with one attached hydrogen (secondary N) is 2. The summed E-state index contributed by atoms with van der Waals surface area (Å²) in [4.78, 5) is 25.4. The second-order valence-corrected chi connectivity index (χ2v) is 5.61. The van der Waals surface area contributed by atoms with Crippen molar-refractivity contribution < 1.29 is 9.59 Å². The van der Waals surface area contributed by atoms with Crippen LogP contribution in [0.1, 0.15) is 16.8 Å². The molecule has 0 fully saturated rings. The van der Waals surface area contributed by atoms with Gasteiger partial charge in [-0.1, -0.05) is 15.9 Å². The summed E-state index contributed by atoms with van der Waals surface area (Å²) in [6, 6.07) is 6.98. The highest BCUT2D eigenvalue weighted by Gasteiger charge is 2.07. The predicted molar refractivity (Wildman–Crippen MR) is 82.7 cm³/mol. The van der Waals surface area contributed by atoms with Crippen LogP contribution in [-0.4, -0.2) is 50.4 Å². The molecule has 0 spiro atoms. The molecule has 0 aliphatic heterocycles. The SMILES string of the molecule is CN(C)CCCNC(=O)CNC(=O)c1ccc(Br)cc1. The van der Waals surface area contributed by atoms with Gasteiger partial charge in [-0.3, -0.25) is 9.59 Å². The van der Waals surface area contributed by atoms with Crippen molar-refractivity contribution in [2.75, 3.05) is 33.7 Å². The summed E-state index contributed by atoms with van der Waals surface area (Å²) in [6.07, 6.45) is 0.888. The van der Waals surface area contributed by atoms with Crippen molar-refractivity contribution in [1.29, 1.82) is 0 Å². The molecule has 6 heteroatoms. The summed E-state index contributed by atoms with van der Waals surface area (Å²) in [5, 5.41) is 5.36. The summed E-state index contributed by atoms with van der Waals surface area (Å²) in [7, 11) is 3.97. The molecule has 0 atom stereocenters. The van der Waals surface area contributed by atoms with Crippen molar-refractivity contribution in [3.63, 3.8) is 0 Å². The number of carbonyl (C=O) groups is 2. The Morgan fingerprint density at radius 2 is 1.80 bits per heavy atom. The Morgan fingerprint density at radius 3 is 2.40 bits per heavy atom. The topological polar surface area (TPSA) is 61.4 Å². The average Bonchev–Trinajstić information content (AvgIpc) is 2.41. The van der Waals surface area contributed by atoms with E-state index < -0.39 is 0 Å². The van der Waals surface area contributed by atoms with E-state index in [1.54, 1.807) is 24.3 Å². The molecule has 0 unspecified atom stereocenters. The number of carbonyl (C=O) groups excluding carboxylic acids is 2. The van der Waals surface area contributed by atoms with Crippen molar-refractivity contribution in [3.8, 4) is 0 Å². The molecule has 2 N–H and O–H groups in total. The fraction of sp³-hybridized carbons (Fsp3) is 0.429. The molecule has 110 valence electrons. The first-order valence-corrected chi connectivity index (χ1v) is 7.23. The quantitative estimate of drug-likeness (QED) is 0.733. The van der Waals surface area contributed by atoms with Gasteiger partial charge in [0.2, 0.25) is 5.91 Å². The van der Waals surface area contributed by atoms with Gasteiger partial charge in [0.05, 0.1) is 6.54 Å². The van der Waals surface area contributed by atoms with E-state index in [4.69, 9.17) is 0 Å². The van der Waals surface area contributed by atoms with E-state index in [2.05, 4.69) is 31.5 Å².